The van der Waals surface area contributed by atoms with E-state index in [0.29, 0.717) is 13.2 Å². The third-order valence-corrected chi connectivity index (χ3v) is 4.22. The maximum atomic E-state index is 10.6. The molecule has 1 heterocycles. The minimum atomic E-state index is -4.64. The van der Waals surface area contributed by atoms with Crippen molar-refractivity contribution in [1.82, 2.24) is 4.90 Å². The van der Waals surface area contributed by atoms with Gasteiger partial charge in [-0.2, -0.15) is 0 Å². The SMILES string of the molecule is CN1CCOCC1C1(O)[C@H](O)[C@H](O)C(O)[C@H](O)[C@H]1O.O=P(O)(O)O. The minimum Gasteiger partial charge on any atom is -0.387 e. The lowest BCUT2D eigenvalue weighted by Gasteiger charge is -2.53. The summed E-state index contributed by atoms with van der Waals surface area (Å²) < 4.78 is 14.1. The minimum absolute atomic E-state index is 0.0383. The number of nitrogens with zero attached hydrogens (tertiary/aromatic N) is 1. The third kappa shape index (κ3) is 4.69. The van der Waals surface area contributed by atoms with E-state index in [9.17, 15) is 30.6 Å². The molecule has 1 saturated carbocycles. The van der Waals surface area contributed by atoms with Crippen LogP contribution in [0.4, 0.5) is 0 Å². The highest BCUT2D eigenvalue weighted by Gasteiger charge is 2.62. The van der Waals surface area contributed by atoms with Crippen LogP contribution >= 0.6 is 7.82 Å². The highest BCUT2D eigenvalue weighted by atomic mass is 31.2. The Morgan fingerprint density at radius 1 is 1.00 bits per heavy atom. The maximum absolute atomic E-state index is 10.6. The number of rotatable bonds is 1. The average molecular weight is 377 g/mol. The maximum Gasteiger partial charge on any atom is 0.466 e. The first-order valence-electron chi connectivity index (χ1n) is 7.00. The first-order chi connectivity index (χ1) is 10.8. The first kappa shape index (κ1) is 21.8. The molecule has 144 valence electrons. The molecule has 1 aliphatic carbocycles. The lowest BCUT2D eigenvalue weighted by atomic mass is 9.70. The summed E-state index contributed by atoms with van der Waals surface area (Å²) in [5.41, 5.74) is -2.19. The molecule has 24 heavy (non-hydrogen) atoms. The predicted molar refractivity (Wildman–Crippen MR) is 76.5 cm³/mol. The Morgan fingerprint density at radius 3 is 1.79 bits per heavy atom. The van der Waals surface area contributed by atoms with Crippen molar-refractivity contribution in [2.45, 2.75) is 42.2 Å². The Morgan fingerprint density at radius 2 is 1.42 bits per heavy atom. The molecule has 3 unspecified atom stereocenters. The molecular formula is C11H24NO11P. The zero-order valence-corrected chi connectivity index (χ0v) is 13.7. The van der Waals surface area contributed by atoms with E-state index < -0.39 is 50.0 Å². The van der Waals surface area contributed by atoms with E-state index in [2.05, 4.69) is 0 Å². The molecule has 0 bridgehead atoms. The standard InChI is InChI=1S/C11H21NO7.H3O4P/c1-12-2-3-19-4-5(12)11(18)9(16)7(14)6(13)8(15)10(11)17;1-5(2,3)4/h5-10,13-18H,2-4H2,1H3;(H3,1,2,3,4)/t5?,6?,7-,8+,9-,10-,11?;/m1./s1. The van der Waals surface area contributed by atoms with Gasteiger partial charge < -0.3 is 50.1 Å². The number of aliphatic hydroxyl groups is 6. The molecule has 0 amide bonds. The summed E-state index contributed by atoms with van der Waals surface area (Å²) in [6, 6.07) is -0.803. The third-order valence-electron chi connectivity index (χ3n) is 4.22. The summed E-state index contributed by atoms with van der Waals surface area (Å²) in [6.45, 7) is 0.959. The summed E-state index contributed by atoms with van der Waals surface area (Å²) in [6.07, 6.45) is -8.82. The van der Waals surface area contributed by atoms with Gasteiger partial charge in [0.15, 0.2) is 0 Å². The van der Waals surface area contributed by atoms with Gasteiger partial charge >= 0.3 is 7.82 Å². The highest BCUT2D eigenvalue weighted by Crippen LogP contribution is 2.35. The number of ether oxygens (including phenoxy) is 1. The van der Waals surface area contributed by atoms with Gasteiger partial charge in [-0.25, -0.2) is 4.57 Å². The van der Waals surface area contributed by atoms with E-state index in [4.69, 9.17) is 24.0 Å². The largest absolute Gasteiger partial charge is 0.466 e. The quantitative estimate of drug-likeness (QED) is 0.196. The Balaban J connectivity index is 0.000000505. The van der Waals surface area contributed by atoms with Crippen molar-refractivity contribution in [3.8, 4) is 0 Å². The van der Waals surface area contributed by atoms with Crippen LogP contribution in [0.2, 0.25) is 0 Å². The summed E-state index contributed by atoms with van der Waals surface area (Å²) in [5, 5.41) is 59.5. The fraction of sp³-hybridized carbons (Fsp3) is 1.00. The molecule has 9 N–H and O–H groups in total. The summed E-state index contributed by atoms with van der Waals surface area (Å²) in [5.74, 6) is 0. The van der Waals surface area contributed by atoms with Crippen molar-refractivity contribution in [3.05, 3.63) is 0 Å². The molecule has 0 radical (unpaired) electrons. The average Bonchev–Trinajstić information content (AvgIpc) is 2.48. The van der Waals surface area contributed by atoms with Crippen molar-refractivity contribution in [3.63, 3.8) is 0 Å². The van der Waals surface area contributed by atoms with Crippen molar-refractivity contribution < 1.29 is 54.6 Å². The van der Waals surface area contributed by atoms with Crippen LogP contribution in [0.25, 0.3) is 0 Å². The van der Waals surface area contributed by atoms with Crippen molar-refractivity contribution in [2.75, 3.05) is 26.8 Å². The lowest BCUT2D eigenvalue weighted by molar-refractivity contribution is -0.291. The van der Waals surface area contributed by atoms with Crippen LogP contribution in [0.15, 0.2) is 0 Å². The zero-order chi connectivity index (χ0) is 18.9. The van der Waals surface area contributed by atoms with Crippen LogP contribution < -0.4 is 0 Å². The highest BCUT2D eigenvalue weighted by molar-refractivity contribution is 7.45. The number of hydrogen-bond acceptors (Lipinski definition) is 9. The molecular weight excluding hydrogens is 353 g/mol. The van der Waals surface area contributed by atoms with Crippen molar-refractivity contribution in [2.24, 2.45) is 0 Å². The molecule has 13 heteroatoms. The second-order valence-electron chi connectivity index (χ2n) is 5.83. The fourth-order valence-corrected chi connectivity index (χ4v) is 2.86. The van der Waals surface area contributed by atoms with Gasteiger partial charge in [-0.1, -0.05) is 0 Å². The lowest BCUT2D eigenvalue weighted by Crippen LogP contribution is -2.77. The van der Waals surface area contributed by atoms with Crippen LogP contribution in [0.1, 0.15) is 0 Å². The summed E-state index contributed by atoms with van der Waals surface area (Å²) >= 11 is 0. The molecule has 12 nitrogen and oxygen atoms in total. The molecule has 1 aliphatic heterocycles. The summed E-state index contributed by atoms with van der Waals surface area (Å²) in [4.78, 5) is 23.2. The first-order valence-corrected chi connectivity index (χ1v) is 8.57. The number of morpholine rings is 1. The monoisotopic (exact) mass is 377 g/mol. The van der Waals surface area contributed by atoms with E-state index in [-0.39, 0.29) is 6.61 Å². The molecule has 0 aromatic heterocycles. The molecule has 1 saturated heterocycles. The molecule has 2 fully saturated rings. The van der Waals surface area contributed by atoms with E-state index in [1.807, 2.05) is 0 Å². The van der Waals surface area contributed by atoms with E-state index >= 15 is 0 Å². The van der Waals surface area contributed by atoms with Gasteiger partial charge in [0.1, 0.15) is 36.1 Å². The van der Waals surface area contributed by atoms with Gasteiger partial charge in [0.25, 0.3) is 0 Å². The smallest absolute Gasteiger partial charge is 0.387 e. The molecule has 2 aliphatic rings. The number of likely N-dealkylation sites (N-methyl/N-ethyl adjacent to an activating group) is 1. The van der Waals surface area contributed by atoms with Gasteiger partial charge in [-0.05, 0) is 7.05 Å². The fourth-order valence-electron chi connectivity index (χ4n) is 2.86. The van der Waals surface area contributed by atoms with Crippen LogP contribution in [0, 0.1) is 0 Å². The molecule has 0 aromatic carbocycles. The Labute approximate surface area is 137 Å². The number of hydrogen-bond donors (Lipinski definition) is 9. The van der Waals surface area contributed by atoms with Gasteiger partial charge in [0.2, 0.25) is 0 Å². The van der Waals surface area contributed by atoms with Gasteiger partial charge in [-0.3, -0.25) is 4.90 Å². The second-order valence-corrected chi connectivity index (χ2v) is 6.86. The molecule has 2 rings (SSSR count). The molecule has 0 aromatic rings. The van der Waals surface area contributed by atoms with Crippen molar-refractivity contribution >= 4 is 7.82 Å². The van der Waals surface area contributed by atoms with Crippen molar-refractivity contribution in [1.29, 1.82) is 0 Å². The van der Waals surface area contributed by atoms with E-state index in [1.165, 1.54) is 0 Å². The predicted octanol–water partition coefficient (Wildman–Crippen LogP) is -5.06. The van der Waals surface area contributed by atoms with Crippen LogP contribution in [-0.2, 0) is 9.30 Å². The Hall–Kier alpha value is -0.210. The Kier molecular flexibility index (Phi) is 7.27. The normalized spacial score (nSPS) is 44.6. The topological polar surface area (TPSA) is 212 Å². The van der Waals surface area contributed by atoms with E-state index in [1.54, 1.807) is 11.9 Å². The van der Waals surface area contributed by atoms with Crippen LogP contribution in [-0.4, -0.2) is 119 Å². The van der Waals surface area contributed by atoms with Gasteiger partial charge in [0.05, 0.1) is 19.3 Å². The summed E-state index contributed by atoms with van der Waals surface area (Å²) in [7, 11) is -2.96. The van der Waals surface area contributed by atoms with Crippen LogP contribution in [0.5, 0.6) is 0 Å². The number of phosphoric acid groups is 1. The van der Waals surface area contributed by atoms with Crippen LogP contribution in [0.3, 0.4) is 0 Å². The number of aliphatic hydroxyl groups excluding tert-OH is 5. The molecule has 0 spiro atoms. The second kappa shape index (κ2) is 7.99. The zero-order valence-electron chi connectivity index (χ0n) is 12.8. The molecule has 7 atom stereocenters. The van der Waals surface area contributed by atoms with Gasteiger partial charge in [0, 0.05) is 6.54 Å². The Bertz CT molecular complexity index is 435. The van der Waals surface area contributed by atoms with E-state index in [0.717, 1.165) is 0 Å². The van der Waals surface area contributed by atoms with Gasteiger partial charge in [-0.15, -0.1) is 0 Å².